The van der Waals surface area contributed by atoms with Gasteiger partial charge in [0.25, 0.3) is 5.56 Å². The second-order valence-electron chi connectivity index (χ2n) is 7.24. The van der Waals surface area contributed by atoms with E-state index in [4.69, 9.17) is 0 Å². The third kappa shape index (κ3) is 2.93. The number of anilines is 1. The Morgan fingerprint density at radius 1 is 0.933 bits per heavy atom. The molecule has 3 aromatic carbocycles. The average molecular weight is 396 g/mol. The molecule has 2 aromatic heterocycles. The summed E-state index contributed by atoms with van der Waals surface area (Å²) in [5, 5.41) is 10.6. The molecule has 1 amide bonds. The zero-order valence-electron chi connectivity index (χ0n) is 16.5. The second-order valence-corrected chi connectivity index (χ2v) is 7.24. The molecule has 0 atom stereocenters. The van der Waals surface area contributed by atoms with Crippen molar-refractivity contribution >= 4 is 44.2 Å². The van der Waals surface area contributed by atoms with Crippen LogP contribution in [0.4, 0.5) is 5.69 Å². The molecule has 0 saturated heterocycles. The van der Waals surface area contributed by atoms with Gasteiger partial charge in [0.05, 0.1) is 11.6 Å². The van der Waals surface area contributed by atoms with Crippen LogP contribution in [0.15, 0.2) is 77.7 Å². The van der Waals surface area contributed by atoms with Crippen molar-refractivity contribution in [3.8, 4) is 0 Å². The highest BCUT2D eigenvalue weighted by Gasteiger charge is 2.12. The SMILES string of the molecule is CCn1c2ccccc2c2cc(NC(=O)Cn3ncc4ccccc4c3=O)ccc21. The summed E-state index contributed by atoms with van der Waals surface area (Å²) in [6.45, 7) is 2.85. The number of hydrogen-bond acceptors (Lipinski definition) is 3. The van der Waals surface area contributed by atoms with Crippen molar-refractivity contribution < 1.29 is 4.79 Å². The Morgan fingerprint density at radius 2 is 1.67 bits per heavy atom. The Labute approximate surface area is 172 Å². The molecule has 0 spiro atoms. The fourth-order valence-corrected chi connectivity index (χ4v) is 4.05. The lowest BCUT2D eigenvalue weighted by molar-refractivity contribution is -0.117. The zero-order chi connectivity index (χ0) is 20.7. The fraction of sp³-hybridized carbons (Fsp3) is 0.125. The number of fused-ring (bicyclic) bond motifs is 4. The minimum atomic E-state index is -0.293. The number of nitrogens with one attached hydrogen (secondary N) is 1. The molecule has 148 valence electrons. The molecular formula is C24H20N4O2. The number of carbonyl (C=O) groups excluding carboxylic acids is 1. The van der Waals surface area contributed by atoms with E-state index in [0.29, 0.717) is 11.1 Å². The van der Waals surface area contributed by atoms with Crippen LogP contribution in [-0.2, 0) is 17.9 Å². The number of hydrogen-bond donors (Lipinski definition) is 1. The fourth-order valence-electron chi connectivity index (χ4n) is 4.05. The van der Waals surface area contributed by atoms with E-state index in [9.17, 15) is 9.59 Å². The van der Waals surface area contributed by atoms with Crippen LogP contribution in [0.3, 0.4) is 0 Å². The Kier molecular flexibility index (Phi) is 4.32. The van der Waals surface area contributed by atoms with Crippen molar-refractivity contribution in [1.82, 2.24) is 14.3 Å². The number of benzene rings is 3. The molecule has 5 aromatic rings. The molecule has 0 bridgehead atoms. The lowest BCUT2D eigenvalue weighted by atomic mass is 10.1. The first-order valence-electron chi connectivity index (χ1n) is 9.91. The van der Waals surface area contributed by atoms with Gasteiger partial charge in [0, 0.05) is 39.4 Å². The monoisotopic (exact) mass is 396 g/mol. The molecule has 0 saturated carbocycles. The van der Waals surface area contributed by atoms with E-state index in [0.717, 1.165) is 28.2 Å². The summed E-state index contributed by atoms with van der Waals surface area (Å²) < 4.78 is 3.45. The van der Waals surface area contributed by atoms with E-state index in [1.165, 1.54) is 10.2 Å². The molecule has 0 aliphatic rings. The van der Waals surface area contributed by atoms with E-state index in [2.05, 4.69) is 34.0 Å². The first-order chi connectivity index (χ1) is 14.7. The Morgan fingerprint density at radius 3 is 2.50 bits per heavy atom. The topological polar surface area (TPSA) is 68.9 Å². The zero-order valence-corrected chi connectivity index (χ0v) is 16.5. The van der Waals surface area contributed by atoms with E-state index in [1.807, 2.05) is 42.5 Å². The number of aryl methyl sites for hydroxylation is 1. The van der Waals surface area contributed by atoms with Crippen LogP contribution in [0.25, 0.3) is 32.6 Å². The first kappa shape index (κ1) is 18.1. The summed E-state index contributed by atoms with van der Waals surface area (Å²) in [5.74, 6) is -0.293. The quantitative estimate of drug-likeness (QED) is 0.496. The Bertz CT molecular complexity index is 1480. The smallest absolute Gasteiger partial charge is 0.275 e. The number of rotatable bonds is 4. The van der Waals surface area contributed by atoms with Gasteiger partial charge in [0.15, 0.2) is 0 Å². The minimum Gasteiger partial charge on any atom is -0.341 e. The number of amides is 1. The van der Waals surface area contributed by atoms with Crippen LogP contribution in [-0.4, -0.2) is 20.3 Å². The van der Waals surface area contributed by atoms with Gasteiger partial charge < -0.3 is 9.88 Å². The molecule has 5 rings (SSSR count). The molecule has 6 heteroatoms. The molecule has 6 nitrogen and oxygen atoms in total. The van der Waals surface area contributed by atoms with E-state index < -0.39 is 0 Å². The number of para-hydroxylation sites is 1. The van der Waals surface area contributed by atoms with Gasteiger partial charge in [0.2, 0.25) is 5.91 Å². The van der Waals surface area contributed by atoms with Crippen molar-refractivity contribution in [1.29, 1.82) is 0 Å². The van der Waals surface area contributed by atoms with Crippen LogP contribution < -0.4 is 10.9 Å². The summed E-state index contributed by atoms with van der Waals surface area (Å²) in [5.41, 5.74) is 2.72. The van der Waals surface area contributed by atoms with Gasteiger partial charge in [-0.15, -0.1) is 0 Å². The molecule has 0 unspecified atom stereocenters. The molecule has 0 aliphatic heterocycles. The van der Waals surface area contributed by atoms with Gasteiger partial charge in [-0.3, -0.25) is 9.59 Å². The molecule has 0 fully saturated rings. The average Bonchev–Trinajstić information content (AvgIpc) is 3.09. The normalized spacial score (nSPS) is 11.4. The van der Waals surface area contributed by atoms with Crippen molar-refractivity contribution in [2.24, 2.45) is 0 Å². The highest BCUT2D eigenvalue weighted by molar-refractivity contribution is 6.09. The summed E-state index contributed by atoms with van der Waals surface area (Å²) in [6, 6.07) is 21.4. The lowest BCUT2D eigenvalue weighted by Gasteiger charge is -2.08. The van der Waals surface area contributed by atoms with Gasteiger partial charge >= 0.3 is 0 Å². The lowest BCUT2D eigenvalue weighted by Crippen LogP contribution is -2.29. The molecule has 0 aliphatic carbocycles. The summed E-state index contributed by atoms with van der Waals surface area (Å²) >= 11 is 0. The number of nitrogens with zero attached hydrogens (tertiary/aromatic N) is 3. The summed E-state index contributed by atoms with van der Waals surface area (Å²) in [6.07, 6.45) is 1.61. The second kappa shape index (κ2) is 7.15. The summed E-state index contributed by atoms with van der Waals surface area (Å²) in [4.78, 5) is 25.2. The minimum absolute atomic E-state index is 0.140. The molecule has 0 radical (unpaired) electrons. The van der Waals surface area contributed by atoms with E-state index in [1.54, 1.807) is 18.3 Å². The van der Waals surface area contributed by atoms with Crippen molar-refractivity contribution in [2.75, 3.05) is 5.32 Å². The van der Waals surface area contributed by atoms with Crippen LogP contribution >= 0.6 is 0 Å². The van der Waals surface area contributed by atoms with Gasteiger partial charge in [-0.2, -0.15) is 5.10 Å². The highest BCUT2D eigenvalue weighted by atomic mass is 16.2. The van der Waals surface area contributed by atoms with Gasteiger partial charge in [-0.05, 0) is 37.3 Å². The van der Waals surface area contributed by atoms with E-state index in [-0.39, 0.29) is 18.0 Å². The van der Waals surface area contributed by atoms with Gasteiger partial charge in [0.1, 0.15) is 6.54 Å². The third-order valence-electron chi connectivity index (χ3n) is 5.43. The predicted octanol–water partition coefficient (Wildman–Crippen LogP) is 4.16. The Balaban J connectivity index is 1.46. The third-order valence-corrected chi connectivity index (χ3v) is 5.43. The van der Waals surface area contributed by atoms with Gasteiger partial charge in [-0.25, -0.2) is 4.68 Å². The Hall–Kier alpha value is -3.93. The predicted molar refractivity (Wildman–Crippen MR) is 120 cm³/mol. The summed E-state index contributed by atoms with van der Waals surface area (Å²) in [7, 11) is 0. The maximum Gasteiger partial charge on any atom is 0.275 e. The van der Waals surface area contributed by atoms with Crippen molar-refractivity contribution in [3.63, 3.8) is 0 Å². The van der Waals surface area contributed by atoms with Crippen molar-refractivity contribution in [3.05, 3.63) is 83.3 Å². The maximum atomic E-state index is 12.6. The maximum absolute atomic E-state index is 12.6. The highest BCUT2D eigenvalue weighted by Crippen LogP contribution is 2.30. The van der Waals surface area contributed by atoms with E-state index >= 15 is 0 Å². The van der Waals surface area contributed by atoms with Gasteiger partial charge in [-0.1, -0.05) is 36.4 Å². The molecular weight excluding hydrogens is 376 g/mol. The number of aromatic nitrogens is 3. The van der Waals surface area contributed by atoms with Crippen molar-refractivity contribution in [2.45, 2.75) is 20.0 Å². The standard InChI is InChI=1S/C24H20N4O2/c1-2-27-21-10-6-5-9-19(21)20-13-17(11-12-22(20)27)26-23(29)15-28-24(30)18-8-4-3-7-16(18)14-25-28/h3-14H,2,15H2,1H3,(H,26,29). The molecule has 1 N–H and O–H groups in total. The molecule has 30 heavy (non-hydrogen) atoms. The van der Waals surface area contributed by atoms with Crippen LogP contribution in [0.1, 0.15) is 6.92 Å². The van der Waals surface area contributed by atoms with Crippen LogP contribution in [0, 0.1) is 0 Å². The largest absolute Gasteiger partial charge is 0.341 e. The molecule has 2 heterocycles. The number of carbonyl (C=O) groups is 1. The first-order valence-corrected chi connectivity index (χ1v) is 9.91. The van der Waals surface area contributed by atoms with Crippen LogP contribution in [0.2, 0.25) is 0 Å². The van der Waals surface area contributed by atoms with Crippen LogP contribution in [0.5, 0.6) is 0 Å².